The third-order valence-corrected chi connectivity index (χ3v) is 2.85. The molecule has 0 N–H and O–H groups in total. The summed E-state index contributed by atoms with van der Waals surface area (Å²) < 4.78 is 0.413. The number of halogens is 3. The van der Waals surface area contributed by atoms with Gasteiger partial charge in [0, 0.05) is 19.3 Å². The molecule has 0 aliphatic rings. The molecule has 0 atom stereocenters. The highest BCUT2D eigenvalue weighted by atomic mass is 35.6. The fourth-order valence-corrected chi connectivity index (χ4v) is 1.51. The molecule has 15 heavy (non-hydrogen) atoms. The summed E-state index contributed by atoms with van der Waals surface area (Å²) in [5.74, 6) is 0. The largest absolute Gasteiger partial charge is 0.256 e. The van der Waals surface area contributed by atoms with E-state index < -0.39 is 3.79 Å². The summed E-state index contributed by atoms with van der Waals surface area (Å²) in [6, 6.07) is 3.59. The van der Waals surface area contributed by atoms with Gasteiger partial charge in [-0.25, -0.2) is 4.31 Å². The van der Waals surface area contributed by atoms with Crippen molar-refractivity contribution in [3.8, 4) is 0 Å². The number of rotatable bonds is 3. The lowest BCUT2D eigenvalue weighted by atomic mass is 10.2. The summed E-state index contributed by atoms with van der Waals surface area (Å²) in [6.45, 7) is 3.60. The molecule has 0 radical (unpaired) electrons. The predicted octanol–water partition coefficient (Wildman–Crippen LogP) is 3.58. The molecule has 1 rings (SSSR count). The Morgan fingerprint density at radius 2 is 2.07 bits per heavy atom. The highest BCUT2D eigenvalue weighted by molar-refractivity contribution is 7.77. The third-order valence-electron chi connectivity index (χ3n) is 1.85. The molecule has 2 nitrogen and oxygen atoms in total. The highest BCUT2D eigenvalue weighted by Gasteiger charge is 2.24. The average Bonchev–Trinajstić information content (AvgIpc) is 2.17. The van der Waals surface area contributed by atoms with Crippen LogP contribution in [0.1, 0.15) is 18.2 Å². The van der Waals surface area contributed by atoms with Gasteiger partial charge in [0.2, 0.25) is 3.79 Å². The second kappa shape index (κ2) is 5.60. The van der Waals surface area contributed by atoms with Gasteiger partial charge in [-0.2, -0.15) is 0 Å². The van der Waals surface area contributed by atoms with E-state index in [1.807, 2.05) is 17.3 Å². The molecular weight excluding hydrogens is 275 g/mol. The Labute approximate surface area is 110 Å². The zero-order chi connectivity index (χ0) is 11.5. The Kier molecular flexibility index (Phi) is 5.00. The molecular formula is C9H11Cl3N2S. The van der Waals surface area contributed by atoms with Gasteiger partial charge in [-0.3, -0.25) is 4.98 Å². The van der Waals surface area contributed by atoms with Crippen molar-refractivity contribution in [2.24, 2.45) is 0 Å². The number of hydrogen-bond donors (Lipinski definition) is 1. The zero-order valence-electron chi connectivity index (χ0n) is 8.12. The molecule has 0 fully saturated rings. The van der Waals surface area contributed by atoms with Gasteiger partial charge in [0.05, 0.1) is 5.69 Å². The molecule has 1 heterocycles. The second-order valence-electron chi connectivity index (χ2n) is 3.03. The molecule has 6 heteroatoms. The number of nitrogens with zero attached hydrogens (tertiary/aromatic N) is 2. The van der Waals surface area contributed by atoms with Crippen LogP contribution in [0.4, 0.5) is 0 Å². The van der Waals surface area contributed by atoms with Crippen molar-refractivity contribution in [1.29, 1.82) is 0 Å². The van der Waals surface area contributed by atoms with E-state index in [1.165, 1.54) is 0 Å². The van der Waals surface area contributed by atoms with Crippen molar-refractivity contribution >= 4 is 47.6 Å². The van der Waals surface area contributed by atoms with Crippen molar-refractivity contribution in [1.82, 2.24) is 9.29 Å². The fraction of sp³-hybridized carbons (Fsp3) is 0.444. The van der Waals surface area contributed by atoms with Crippen LogP contribution in [0.3, 0.4) is 0 Å². The predicted molar refractivity (Wildman–Crippen MR) is 68.5 cm³/mol. The maximum atomic E-state index is 5.69. The number of pyridine rings is 1. The minimum Gasteiger partial charge on any atom is -0.256 e. The third kappa shape index (κ3) is 4.37. The number of aromatic nitrogens is 1. The maximum absolute atomic E-state index is 5.69. The van der Waals surface area contributed by atoms with Crippen LogP contribution in [0, 0.1) is 0 Å². The smallest absolute Gasteiger partial charge is 0.232 e. The van der Waals surface area contributed by atoms with Crippen LogP contribution in [-0.4, -0.2) is 15.8 Å². The lowest BCUT2D eigenvalue weighted by Crippen LogP contribution is -2.11. The van der Waals surface area contributed by atoms with E-state index in [1.54, 1.807) is 12.3 Å². The molecule has 0 saturated heterocycles. The lowest BCUT2D eigenvalue weighted by molar-refractivity contribution is 0.498. The first-order valence-corrected chi connectivity index (χ1v) is 5.93. The van der Waals surface area contributed by atoms with Crippen LogP contribution in [0.5, 0.6) is 0 Å². The van der Waals surface area contributed by atoms with Crippen LogP contribution in [0.2, 0.25) is 0 Å². The standard InChI is InChI=1S/C9H11Cl3N2S/c1-2-14(15)6-7-3-4-8(13-5-7)9(10,11)12/h3-5,15H,2,6H2,1H3. The highest BCUT2D eigenvalue weighted by Crippen LogP contribution is 2.36. The van der Waals surface area contributed by atoms with E-state index in [2.05, 4.69) is 17.8 Å². The summed E-state index contributed by atoms with van der Waals surface area (Å²) in [5, 5.41) is 0. The number of alkyl halides is 3. The van der Waals surface area contributed by atoms with Gasteiger partial charge in [-0.05, 0) is 11.6 Å². The topological polar surface area (TPSA) is 16.1 Å². The van der Waals surface area contributed by atoms with Gasteiger partial charge in [0.25, 0.3) is 0 Å². The van der Waals surface area contributed by atoms with Crippen LogP contribution >= 0.6 is 47.6 Å². The molecule has 1 aromatic heterocycles. The van der Waals surface area contributed by atoms with Gasteiger partial charge in [0.15, 0.2) is 0 Å². The second-order valence-corrected chi connectivity index (χ2v) is 5.88. The van der Waals surface area contributed by atoms with E-state index in [-0.39, 0.29) is 0 Å². The first-order valence-electron chi connectivity index (χ1n) is 4.39. The Morgan fingerprint density at radius 1 is 1.40 bits per heavy atom. The first kappa shape index (κ1) is 13.4. The van der Waals surface area contributed by atoms with Crippen molar-refractivity contribution in [3.05, 3.63) is 29.6 Å². The van der Waals surface area contributed by atoms with Gasteiger partial charge < -0.3 is 0 Å². The molecule has 0 aromatic carbocycles. The molecule has 0 aliphatic carbocycles. The van der Waals surface area contributed by atoms with Crippen molar-refractivity contribution in [2.75, 3.05) is 6.54 Å². The summed E-state index contributed by atoms with van der Waals surface area (Å²) in [5.41, 5.74) is 1.46. The summed E-state index contributed by atoms with van der Waals surface area (Å²) in [6.07, 6.45) is 1.69. The monoisotopic (exact) mass is 284 g/mol. The summed E-state index contributed by atoms with van der Waals surface area (Å²) in [7, 11) is 0. The Bertz CT molecular complexity index is 310. The summed E-state index contributed by atoms with van der Waals surface area (Å²) >= 11 is 21.3. The minimum absolute atomic E-state index is 0.429. The van der Waals surface area contributed by atoms with Crippen LogP contribution < -0.4 is 0 Å². The van der Waals surface area contributed by atoms with Crippen molar-refractivity contribution < 1.29 is 0 Å². The number of thiol groups is 1. The van der Waals surface area contributed by atoms with Crippen LogP contribution in [-0.2, 0) is 10.3 Å². The summed E-state index contributed by atoms with van der Waals surface area (Å²) in [4.78, 5) is 4.08. The molecule has 0 amide bonds. The fourth-order valence-electron chi connectivity index (χ4n) is 1.01. The normalized spacial score (nSPS) is 12.1. The first-order chi connectivity index (χ1) is 6.93. The van der Waals surface area contributed by atoms with Gasteiger partial charge in [-0.1, -0.05) is 60.6 Å². The number of hydrogen-bond acceptors (Lipinski definition) is 3. The Morgan fingerprint density at radius 3 is 2.47 bits per heavy atom. The Hall–Kier alpha value is 0.330. The quantitative estimate of drug-likeness (QED) is 0.675. The maximum Gasteiger partial charge on any atom is 0.232 e. The molecule has 1 aromatic rings. The van der Waals surface area contributed by atoms with Gasteiger partial charge in [0.1, 0.15) is 0 Å². The minimum atomic E-state index is -1.45. The SMILES string of the molecule is CCN(S)Cc1ccc(C(Cl)(Cl)Cl)nc1. The Balaban J connectivity index is 2.73. The van der Waals surface area contributed by atoms with Crippen LogP contribution in [0.25, 0.3) is 0 Å². The average molecular weight is 286 g/mol. The molecule has 0 spiro atoms. The van der Waals surface area contributed by atoms with Gasteiger partial charge in [-0.15, -0.1) is 0 Å². The molecule has 0 bridgehead atoms. The van der Waals surface area contributed by atoms with E-state index in [9.17, 15) is 0 Å². The van der Waals surface area contributed by atoms with Crippen LogP contribution in [0.15, 0.2) is 18.3 Å². The molecule has 0 saturated carbocycles. The van der Waals surface area contributed by atoms with Crippen molar-refractivity contribution in [2.45, 2.75) is 17.3 Å². The lowest BCUT2D eigenvalue weighted by Gasteiger charge is -2.13. The molecule has 84 valence electrons. The molecule has 0 aliphatic heterocycles. The van der Waals surface area contributed by atoms with E-state index in [4.69, 9.17) is 34.8 Å². The molecule has 0 unspecified atom stereocenters. The van der Waals surface area contributed by atoms with E-state index in [0.29, 0.717) is 12.2 Å². The van der Waals surface area contributed by atoms with E-state index in [0.717, 1.165) is 12.1 Å². The van der Waals surface area contributed by atoms with Crippen molar-refractivity contribution in [3.63, 3.8) is 0 Å². The van der Waals surface area contributed by atoms with E-state index >= 15 is 0 Å². The zero-order valence-corrected chi connectivity index (χ0v) is 11.3. The van der Waals surface area contributed by atoms with Gasteiger partial charge >= 0.3 is 0 Å².